The third kappa shape index (κ3) is 3.25. The van der Waals surface area contributed by atoms with Crippen LogP contribution in [0.3, 0.4) is 0 Å². The summed E-state index contributed by atoms with van der Waals surface area (Å²) in [5.41, 5.74) is 5.60. The van der Waals surface area contributed by atoms with Crippen LogP contribution in [-0.4, -0.2) is 49.2 Å². The lowest BCUT2D eigenvalue weighted by molar-refractivity contribution is 0.130. The van der Waals surface area contributed by atoms with E-state index in [1.807, 2.05) is 0 Å². The quantitative estimate of drug-likeness (QED) is 0.700. The molecule has 0 aromatic heterocycles. The predicted octanol–water partition coefficient (Wildman–Crippen LogP) is 0.709. The Labute approximate surface area is 81.9 Å². The van der Waals surface area contributed by atoms with Crippen molar-refractivity contribution in [2.24, 2.45) is 5.73 Å². The molecule has 0 unspecified atom stereocenters. The number of nitrogens with two attached hydrogens (primary N) is 1. The van der Waals surface area contributed by atoms with Crippen LogP contribution in [0.15, 0.2) is 0 Å². The van der Waals surface area contributed by atoms with Crippen molar-refractivity contribution < 1.29 is 0 Å². The van der Waals surface area contributed by atoms with Gasteiger partial charge in [-0.05, 0) is 32.9 Å². The molecule has 13 heavy (non-hydrogen) atoms. The second kappa shape index (κ2) is 5.58. The predicted molar refractivity (Wildman–Crippen MR) is 56.6 cm³/mol. The molecule has 2 N–H and O–H groups in total. The van der Waals surface area contributed by atoms with Crippen LogP contribution in [0.1, 0.15) is 26.2 Å². The average Bonchev–Trinajstić information content (AvgIpc) is 2.18. The fourth-order valence-electron chi connectivity index (χ4n) is 2.08. The van der Waals surface area contributed by atoms with Gasteiger partial charge in [-0.25, -0.2) is 0 Å². The zero-order valence-electron chi connectivity index (χ0n) is 9.00. The first-order valence-electron chi connectivity index (χ1n) is 5.40. The maximum atomic E-state index is 5.60. The molecule has 78 valence electrons. The molecule has 0 radical (unpaired) electrons. The van der Waals surface area contributed by atoms with Crippen molar-refractivity contribution in [3.63, 3.8) is 0 Å². The maximum absolute atomic E-state index is 5.60. The second-order valence-corrected chi connectivity index (χ2v) is 4.01. The van der Waals surface area contributed by atoms with Crippen molar-refractivity contribution in [3.05, 3.63) is 0 Å². The minimum Gasteiger partial charge on any atom is -0.318 e. The lowest BCUT2D eigenvalue weighted by Crippen LogP contribution is -2.45. The summed E-state index contributed by atoms with van der Waals surface area (Å²) in [5.74, 6) is 0. The molecule has 0 spiro atoms. The summed E-state index contributed by atoms with van der Waals surface area (Å²) in [6.07, 6.45) is 3.83. The molecule has 0 aliphatic carbocycles. The number of hydrogen-bond acceptors (Lipinski definition) is 3. The highest BCUT2D eigenvalue weighted by molar-refractivity contribution is 4.77. The van der Waals surface area contributed by atoms with Crippen molar-refractivity contribution in [1.82, 2.24) is 9.80 Å². The van der Waals surface area contributed by atoms with E-state index in [0.29, 0.717) is 0 Å². The van der Waals surface area contributed by atoms with Gasteiger partial charge in [0.05, 0.1) is 0 Å². The first-order valence-corrected chi connectivity index (χ1v) is 5.40. The van der Waals surface area contributed by atoms with E-state index < -0.39 is 0 Å². The van der Waals surface area contributed by atoms with Crippen LogP contribution in [0.4, 0.5) is 0 Å². The zero-order chi connectivity index (χ0) is 9.68. The lowest BCUT2D eigenvalue weighted by Gasteiger charge is -2.36. The topological polar surface area (TPSA) is 32.5 Å². The Bertz CT molecular complexity index is 130. The monoisotopic (exact) mass is 185 g/mol. The molecule has 1 aliphatic rings. The summed E-state index contributed by atoms with van der Waals surface area (Å²) in [4.78, 5) is 4.82. The van der Waals surface area contributed by atoms with Gasteiger partial charge in [-0.2, -0.15) is 0 Å². The molecule has 3 heteroatoms. The van der Waals surface area contributed by atoms with E-state index in [2.05, 4.69) is 23.8 Å². The third-order valence-corrected chi connectivity index (χ3v) is 3.01. The van der Waals surface area contributed by atoms with Crippen molar-refractivity contribution >= 4 is 0 Å². The van der Waals surface area contributed by atoms with Crippen molar-refractivity contribution in [1.29, 1.82) is 0 Å². The van der Waals surface area contributed by atoms with Crippen LogP contribution < -0.4 is 5.73 Å². The number of nitrogens with zero attached hydrogens (tertiary/aromatic N) is 2. The molecule has 1 saturated heterocycles. The highest BCUT2D eigenvalue weighted by Gasteiger charge is 2.20. The van der Waals surface area contributed by atoms with E-state index >= 15 is 0 Å². The fourth-order valence-corrected chi connectivity index (χ4v) is 2.08. The number of rotatable bonds is 4. The van der Waals surface area contributed by atoms with E-state index in [4.69, 9.17) is 5.73 Å². The summed E-state index contributed by atoms with van der Waals surface area (Å²) in [6.45, 7) is 6.55. The normalized spacial score (nSPS) is 21.2. The molecule has 1 fully saturated rings. The minimum absolute atomic E-state index is 0.726. The van der Waals surface area contributed by atoms with Gasteiger partial charge in [0, 0.05) is 25.8 Å². The summed E-state index contributed by atoms with van der Waals surface area (Å²) in [5, 5.41) is 0. The molecule has 0 aromatic carbocycles. The molecule has 0 aromatic rings. The van der Waals surface area contributed by atoms with Gasteiger partial charge in [0.25, 0.3) is 0 Å². The smallest absolute Gasteiger partial charge is 0.0455 e. The van der Waals surface area contributed by atoms with E-state index in [1.165, 1.54) is 38.9 Å². The Morgan fingerprint density at radius 2 is 2.00 bits per heavy atom. The minimum atomic E-state index is 0.726. The third-order valence-electron chi connectivity index (χ3n) is 3.01. The summed E-state index contributed by atoms with van der Waals surface area (Å²) >= 11 is 0. The summed E-state index contributed by atoms with van der Waals surface area (Å²) in [6, 6.07) is 0.794. The van der Waals surface area contributed by atoms with Gasteiger partial charge in [0.1, 0.15) is 0 Å². The summed E-state index contributed by atoms with van der Waals surface area (Å²) in [7, 11) is 2.24. The van der Waals surface area contributed by atoms with Gasteiger partial charge in [0.2, 0.25) is 0 Å². The van der Waals surface area contributed by atoms with E-state index in [1.54, 1.807) is 0 Å². The Morgan fingerprint density at radius 1 is 1.38 bits per heavy atom. The second-order valence-electron chi connectivity index (χ2n) is 4.01. The van der Waals surface area contributed by atoms with Crippen molar-refractivity contribution in [2.75, 3.05) is 33.4 Å². The molecule has 0 saturated carbocycles. The van der Waals surface area contributed by atoms with Gasteiger partial charge < -0.3 is 10.6 Å². The van der Waals surface area contributed by atoms with E-state index in [9.17, 15) is 0 Å². The molecule has 1 aliphatic heterocycles. The van der Waals surface area contributed by atoms with Crippen LogP contribution >= 0.6 is 0 Å². The maximum Gasteiger partial charge on any atom is 0.0455 e. The fraction of sp³-hybridized carbons (Fsp3) is 1.00. The molecule has 0 amide bonds. The molecule has 1 heterocycles. The van der Waals surface area contributed by atoms with E-state index in [-0.39, 0.29) is 0 Å². The number of hydrogen-bond donors (Lipinski definition) is 1. The van der Waals surface area contributed by atoms with Crippen LogP contribution in [-0.2, 0) is 0 Å². The zero-order valence-corrected chi connectivity index (χ0v) is 9.00. The highest BCUT2D eigenvalue weighted by atomic mass is 15.2. The molecule has 3 nitrogen and oxygen atoms in total. The first kappa shape index (κ1) is 11.0. The van der Waals surface area contributed by atoms with Crippen molar-refractivity contribution in [3.8, 4) is 0 Å². The van der Waals surface area contributed by atoms with Gasteiger partial charge >= 0.3 is 0 Å². The largest absolute Gasteiger partial charge is 0.318 e. The van der Waals surface area contributed by atoms with Crippen LogP contribution in [0, 0.1) is 0 Å². The molecular formula is C10H23N3. The highest BCUT2D eigenvalue weighted by Crippen LogP contribution is 2.14. The Hall–Kier alpha value is -0.120. The lowest BCUT2D eigenvalue weighted by atomic mass is 10.0. The van der Waals surface area contributed by atoms with Gasteiger partial charge in [-0.3, -0.25) is 4.90 Å². The number of likely N-dealkylation sites (tertiary alicyclic amines) is 1. The Kier molecular flexibility index (Phi) is 4.70. The van der Waals surface area contributed by atoms with Crippen LogP contribution in [0.2, 0.25) is 0 Å². The van der Waals surface area contributed by atoms with Gasteiger partial charge in [0.15, 0.2) is 0 Å². The SMILES string of the molecule is CCCN(C)C1CCN(CN)CC1. The van der Waals surface area contributed by atoms with Crippen LogP contribution in [0.25, 0.3) is 0 Å². The molecule has 1 rings (SSSR count). The Morgan fingerprint density at radius 3 is 2.46 bits per heavy atom. The molecule has 0 bridgehead atoms. The molecular weight excluding hydrogens is 162 g/mol. The van der Waals surface area contributed by atoms with Crippen LogP contribution in [0.5, 0.6) is 0 Å². The van der Waals surface area contributed by atoms with E-state index in [0.717, 1.165) is 12.7 Å². The molecule has 0 atom stereocenters. The standard InChI is InChI=1S/C10H23N3/c1-3-6-12(2)10-4-7-13(9-11)8-5-10/h10H,3-9,11H2,1-2H3. The summed E-state index contributed by atoms with van der Waals surface area (Å²) < 4.78 is 0. The van der Waals surface area contributed by atoms with Gasteiger partial charge in [-0.1, -0.05) is 6.92 Å². The van der Waals surface area contributed by atoms with Gasteiger partial charge in [-0.15, -0.1) is 0 Å². The Balaban J connectivity index is 2.23. The first-order chi connectivity index (χ1) is 6.27. The average molecular weight is 185 g/mol. The number of piperidine rings is 1. The van der Waals surface area contributed by atoms with Crippen molar-refractivity contribution in [2.45, 2.75) is 32.2 Å².